The minimum Gasteiger partial charge on any atom is -0.368 e. The number of hydrogen-bond acceptors (Lipinski definition) is 5. The van der Waals surface area contributed by atoms with Gasteiger partial charge in [-0.3, -0.25) is 19.5 Å². The summed E-state index contributed by atoms with van der Waals surface area (Å²) in [5, 5.41) is 11.7. The molecule has 0 unspecified atom stereocenters. The van der Waals surface area contributed by atoms with Gasteiger partial charge in [0.05, 0.1) is 12.6 Å². The van der Waals surface area contributed by atoms with Gasteiger partial charge in [-0.25, -0.2) is 4.98 Å². The third kappa shape index (κ3) is 4.84. The molecule has 0 radical (unpaired) electrons. The van der Waals surface area contributed by atoms with E-state index >= 15 is 0 Å². The van der Waals surface area contributed by atoms with Crippen LogP contribution in [0.15, 0.2) is 67.1 Å². The second-order valence-electron chi connectivity index (χ2n) is 9.83. The van der Waals surface area contributed by atoms with Gasteiger partial charge in [0, 0.05) is 53.8 Å². The molecule has 0 fully saturated rings. The molecule has 1 aliphatic heterocycles. The number of carbonyl (C=O) groups is 3. The van der Waals surface area contributed by atoms with Gasteiger partial charge >= 0.3 is 0 Å². The van der Waals surface area contributed by atoms with Gasteiger partial charge in [0.15, 0.2) is 5.65 Å². The van der Waals surface area contributed by atoms with Gasteiger partial charge in [-0.05, 0) is 46.9 Å². The number of fused-ring (bicyclic) bond motifs is 4. The van der Waals surface area contributed by atoms with Crippen LogP contribution in [0.3, 0.4) is 0 Å². The molecule has 196 valence electrons. The summed E-state index contributed by atoms with van der Waals surface area (Å²) in [5.74, 6) is -1.07. The summed E-state index contributed by atoms with van der Waals surface area (Å²) in [6.45, 7) is 1.08. The van der Waals surface area contributed by atoms with Crippen LogP contribution in [0.5, 0.6) is 0 Å². The van der Waals surface area contributed by atoms with Crippen molar-refractivity contribution >= 4 is 39.7 Å². The highest BCUT2D eigenvalue weighted by Gasteiger charge is 2.24. The zero-order valence-corrected chi connectivity index (χ0v) is 21.1. The minimum absolute atomic E-state index is 0.0279. The second-order valence-corrected chi connectivity index (χ2v) is 9.83. The Balaban J connectivity index is 1.12. The molecule has 0 saturated carbocycles. The number of hydrogen-bond donors (Lipinski definition) is 4. The van der Waals surface area contributed by atoms with Crippen LogP contribution in [0.25, 0.3) is 21.9 Å². The standard InChI is InChI=1S/C29H27N7O3/c30-27(38)25(12-19-13-31-24-7-2-1-6-22(19)24)34-29(39)18-5-3-4-17(10-18)11-26(37)36-9-8-21-20(16-36)14-32-28-23(21)15-33-35-28/h1-7,10,13-15,25,31H,8-9,11-12,16H2,(H2,30,38)(H,34,39)(H,32,33,35)/t25-/m0/s1. The van der Waals surface area contributed by atoms with Crippen molar-refractivity contribution in [3.63, 3.8) is 0 Å². The molecule has 10 nitrogen and oxygen atoms in total. The summed E-state index contributed by atoms with van der Waals surface area (Å²) in [6.07, 6.45) is 6.55. The maximum Gasteiger partial charge on any atom is 0.251 e. The first-order valence-electron chi connectivity index (χ1n) is 12.8. The van der Waals surface area contributed by atoms with Crippen LogP contribution in [-0.4, -0.2) is 55.4 Å². The lowest BCUT2D eigenvalue weighted by Gasteiger charge is -2.29. The Hall–Kier alpha value is -4.99. The van der Waals surface area contributed by atoms with E-state index in [-0.39, 0.29) is 18.7 Å². The molecule has 0 bridgehead atoms. The van der Waals surface area contributed by atoms with E-state index in [1.54, 1.807) is 30.6 Å². The minimum atomic E-state index is -0.884. The number of H-pyrrole nitrogens is 2. The van der Waals surface area contributed by atoms with Crippen molar-refractivity contribution in [1.82, 2.24) is 30.4 Å². The second kappa shape index (κ2) is 10.1. The topological polar surface area (TPSA) is 150 Å². The molecule has 1 atom stereocenters. The van der Waals surface area contributed by atoms with Gasteiger partial charge < -0.3 is 20.9 Å². The zero-order valence-electron chi connectivity index (χ0n) is 21.1. The number of amides is 3. The SMILES string of the molecule is NC(=O)[C@H](Cc1c[nH]c2ccccc12)NC(=O)c1cccc(CC(=O)N2CCc3c(cnc4[nH]ncc34)C2)c1. The first-order chi connectivity index (χ1) is 19.0. The van der Waals surface area contributed by atoms with Crippen LogP contribution >= 0.6 is 0 Å². The summed E-state index contributed by atoms with van der Waals surface area (Å²) in [5.41, 5.74) is 11.5. The van der Waals surface area contributed by atoms with E-state index < -0.39 is 17.9 Å². The summed E-state index contributed by atoms with van der Waals surface area (Å²) >= 11 is 0. The number of carbonyl (C=O) groups excluding carboxylic acids is 3. The van der Waals surface area contributed by atoms with Crippen molar-refractivity contribution in [2.45, 2.75) is 31.8 Å². The Bertz CT molecular complexity index is 1720. The Labute approximate surface area is 223 Å². The molecule has 3 amide bonds. The van der Waals surface area contributed by atoms with Gasteiger partial charge in [-0.1, -0.05) is 30.3 Å². The van der Waals surface area contributed by atoms with Crippen molar-refractivity contribution in [2.75, 3.05) is 6.54 Å². The molecule has 6 rings (SSSR count). The van der Waals surface area contributed by atoms with Gasteiger partial charge in [-0.15, -0.1) is 0 Å². The largest absolute Gasteiger partial charge is 0.368 e. The smallest absolute Gasteiger partial charge is 0.251 e. The molecule has 0 saturated heterocycles. The average molecular weight is 522 g/mol. The normalized spacial score (nSPS) is 13.8. The molecular formula is C29H27N7O3. The van der Waals surface area contributed by atoms with Crippen molar-refractivity contribution in [2.24, 2.45) is 5.73 Å². The van der Waals surface area contributed by atoms with Gasteiger partial charge in [0.1, 0.15) is 6.04 Å². The summed E-state index contributed by atoms with van der Waals surface area (Å²) < 4.78 is 0. The first kappa shape index (κ1) is 24.4. The van der Waals surface area contributed by atoms with Crippen LogP contribution in [0, 0.1) is 0 Å². The summed E-state index contributed by atoms with van der Waals surface area (Å²) in [6, 6.07) is 13.8. The van der Waals surface area contributed by atoms with Crippen molar-refractivity contribution in [3.05, 3.63) is 94.9 Å². The summed E-state index contributed by atoms with van der Waals surface area (Å²) in [4.78, 5) is 47.8. The van der Waals surface area contributed by atoms with Crippen LogP contribution < -0.4 is 11.1 Å². The number of aromatic nitrogens is 4. The molecule has 10 heteroatoms. The highest BCUT2D eigenvalue weighted by molar-refractivity contribution is 5.98. The van der Waals surface area contributed by atoms with E-state index in [4.69, 9.17) is 5.73 Å². The summed E-state index contributed by atoms with van der Waals surface area (Å²) in [7, 11) is 0. The van der Waals surface area contributed by atoms with Crippen molar-refractivity contribution < 1.29 is 14.4 Å². The Morgan fingerprint density at radius 1 is 1.08 bits per heavy atom. The lowest BCUT2D eigenvalue weighted by atomic mass is 9.98. The van der Waals surface area contributed by atoms with Gasteiger partial charge in [-0.2, -0.15) is 5.10 Å². The third-order valence-electron chi connectivity index (χ3n) is 7.32. The molecule has 4 heterocycles. The number of benzene rings is 2. The Morgan fingerprint density at radius 3 is 2.82 bits per heavy atom. The van der Waals surface area contributed by atoms with E-state index in [0.717, 1.165) is 39.5 Å². The number of pyridine rings is 1. The fourth-order valence-corrected chi connectivity index (χ4v) is 5.26. The maximum atomic E-state index is 13.1. The molecule has 5 aromatic rings. The molecule has 1 aliphatic rings. The maximum absolute atomic E-state index is 13.1. The van der Waals surface area contributed by atoms with Crippen LogP contribution in [0.4, 0.5) is 0 Å². The molecular weight excluding hydrogens is 494 g/mol. The highest BCUT2D eigenvalue weighted by Crippen LogP contribution is 2.25. The predicted octanol–water partition coefficient (Wildman–Crippen LogP) is 2.39. The predicted molar refractivity (Wildman–Crippen MR) is 146 cm³/mol. The fraction of sp³-hybridized carbons (Fsp3) is 0.207. The molecule has 0 aliphatic carbocycles. The van der Waals surface area contributed by atoms with Gasteiger partial charge in [0.25, 0.3) is 5.91 Å². The van der Waals surface area contributed by atoms with Crippen molar-refractivity contribution in [3.8, 4) is 0 Å². The Morgan fingerprint density at radius 2 is 1.95 bits per heavy atom. The van der Waals surface area contributed by atoms with E-state index in [1.165, 1.54) is 5.56 Å². The molecule has 39 heavy (non-hydrogen) atoms. The molecule has 2 aromatic carbocycles. The number of aromatic amines is 2. The van der Waals surface area contributed by atoms with Gasteiger partial charge in [0.2, 0.25) is 11.8 Å². The highest BCUT2D eigenvalue weighted by atomic mass is 16.2. The van der Waals surface area contributed by atoms with E-state index in [1.807, 2.05) is 41.4 Å². The first-order valence-corrected chi connectivity index (χ1v) is 12.8. The van der Waals surface area contributed by atoms with E-state index in [2.05, 4.69) is 25.5 Å². The zero-order chi connectivity index (χ0) is 26.9. The van der Waals surface area contributed by atoms with E-state index in [0.29, 0.717) is 24.2 Å². The molecule has 3 aromatic heterocycles. The Kier molecular flexibility index (Phi) is 6.28. The number of nitrogens with one attached hydrogen (secondary N) is 3. The van der Waals surface area contributed by atoms with Crippen molar-refractivity contribution in [1.29, 1.82) is 0 Å². The average Bonchev–Trinajstić information content (AvgIpc) is 3.60. The fourth-order valence-electron chi connectivity index (χ4n) is 5.26. The van der Waals surface area contributed by atoms with Crippen LogP contribution in [0.2, 0.25) is 0 Å². The number of nitrogens with two attached hydrogens (primary N) is 1. The number of para-hydroxylation sites is 1. The third-order valence-corrected chi connectivity index (χ3v) is 7.32. The number of primary amides is 1. The molecule has 0 spiro atoms. The van der Waals surface area contributed by atoms with Crippen LogP contribution in [-0.2, 0) is 35.4 Å². The quantitative estimate of drug-likeness (QED) is 0.259. The van der Waals surface area contributed by atoms with E-state index in [9.17, 15) is 14.4 Å². The molecule has 5 N–H and O–H groups in total. The van der Waals surface area contributed by atoms with Crippen LogP contribution in [0.1, 0.15) is 32.6 Å². The lowest BCUT2D eigenvalue weighted by molar-refractivity contribution is -0.131. The number of rotatable bonds is 7. The lowest BCUT2D eigenvalue weighted by Crippen LogP contribution is -2.45. The monoisotopic (exact) mass is 521 g/mol. The number of nitrogens with zero attached hydrogens (tertiary/aromatic N) is 3.